The lowest BCUT2D eigenvalue weighted by Gasteiger charge is -2.13. The van der Waals surface area contributed by atoms with Gasteiger partial charge in [0.2, 0.25) is 5.13 Å². The van der Waals surface area contributed by atoms with Crippen molar-refractivity contribution in [3.8, 4) is 22.8 Å². The van der Waals surface area contributed by atoms with Crippen LogP contribution in [0.3, 0.4) is 0 Å². The maximum absolute atomic E-state index is 5.73. The Kier molecular flexibility index (Phi) is 6.08. The van der Waals surface area contributed by atoms with Crippen LogP contribution in [-0.4, -0.2) is 24.4 Å². The predicted octanol–water partition coefficient (Wildman–Crippen LogP) is 5.36. The molecule has 3 aromatic rings. The number of aryl methyl sites for hydroxylation is 1. The second-order valence-corrected chi connectivity index (χ2v) is 7.44. The number of nitrogens with one attached hydrogen (secondary N) is 1. The van der Waals surface area contributed by atoms with E-state index in [1.54, 1.807) is 24.7 Å². The molecule has 0 amide bonds. The van der Waals surface area contributed by atoms with Crippen molar-refractivity contribution in [2.75, 3.05) is 12.5 Å². The first-order valence-corrected chi connectivity index (χ1v) is 9.55. The van der Waals surface area contributed by atoms with Crippen LogP contribution >= 0.6 is 11.3 Å². The normalized spacial score (nSPS) is 11.1. The van der Waals surface area contributed by atoms with Crippen molar-refractivity contribution in [1.82, 2.24) is 4.98 Å². The van der Waals surface area contributed by atoms with Crippen molar-refractivity contribution in [1.29, 1.82) is 0 Å². The van der Waals surface area contributed by atoms with Crippen LogP contribution in [0.25, 0.3) is 11.3 Å². The Morgan fingerprint density at radius 3 is 2.59 bits per heavy atom. The zero-order valence-electron chi connectivity index (χ0n) is 15.9. The highest BCUT2D eigenvalue weighted by Crippen LogP contribution is 2.30. The molecule has 0 unspecified atom stereocenters. The Balaban J connectivity index is 1.71. The van der Waals surface area contributed by atoms with E-state index >= 15 is 0 Å². The molecular weight excluding hydrogens is 358 g/mol. The molecule has 0 aliphatic heterocycles. The van der Waals surface area contributed by atoms with E-state index in [1.807, 2.05) is 50.2 Å². The summed E-state index contributed by atoms with van der Waals surface area (Å²) in [6.45, 7) is 6.03. The summed E-state index contributed by atoms with van der Waals surface area (Å²) in [5.41, 5.74) is 6.01. The number of anilines is 1. The fourth-order valence-electron chi connectivity index (χ4n) is 2.59. The molecule has 0 spiro atoms. The molecule has 0 aliphatic rings. The van der Waals surface area contributed by atoms with Crippen molar-refractivity contribution in [2.24, 2.45) is 5.10 Å². The van der Waals surface area contributed by atoms with Crippen LogP contribution in [0, 0.1) is 6.92 Å². The van der Waals surface area contributed by atoms with Crippen LogP contribution in [0.1, 0.15) is 24.3 Å². The average molecular weight is 382 g/mol. The number of nitrogens with zero attached hydrogens (tertiary/aromatic N) is 2. The van der Waals surface area contributed by atoms with Crippen LogP contribution in [0.4, 0.5) is 5.13 Å². The Bertz CT molecular complexity index is 920. The lowest BCUT2D eigenvalue weighted by atomic mass is 10.1. The first-order valence-electron chi connectivity index (χ1n) is 8.73. The van der Waals surface area contributed by atoms with Gasteiger partial charge in [0.05, 0.1) is 25.1 Å². The van der Waals surface area contributed by atoms with Crippen molar-refractivity contribution >= 4 is 22.7 Å². The third kappa shape index (κ3) is 4.86. The van der Waals surface area contributed by atoms with Gasteiger partial charge in [-0.25, -0.2) is 4.98 Å². The highest BCUT2D eigenvalue weighted by atomic mass is 32.1. The van der Waals surface area contributed by atoms with E-state index in [1.165, 1.54) is 0 Å². The summed E-state index contributed by atoms with van der Waals surface area (Å²) in [7, 11) is 1.63. The molecule has 27 heavy (non-hydrogen) atoms. The van der Waals surface area contributed by atoms with Crippen molar-refractivity contribution in [3.05, 3.63) is 59.0 Å². The molecule has 0 saturated carbocycles. The highest BCUT2D eigenvalue weighted by molar-refractivity contribution is 7.15. The lowest BCUT2D eigenvalue weighted by molar-refractivity contribution is 0.230. The van der Waals surface area contributed by atoms with Gasteiger partial charge >= 0.3 is 0 Å². The standard InChI is InChI=1S/C21H23N3O2S/c1-14(2)26-18-11-10-16(12-19(18)25-4)13-22-24-21-23-20(15(3)27-21)17-8-6-5-7-9-17/h5-14H,1-4H3,(H,23,24)/b22-13+. The number of methoxy groups -OCH3 is 1. The van der Waals surface area contributed by atoms with Crippen LogP contribution in [0.2, 0.25) is 0 Å². The average Bonchev–Trinajstić information content (AvgIpc) is 3.03. The van der Waals surface area contributed by atoms with Crippen molar-refractivity contribution < 1.29 is 9.47 Å². The second-order valence-electron chi connectivity index (χ2n) is 6.24. The van der Waals surface area contributed by atoms with E-state index in [0.717, 1.165) is 32.6 Å². The molecule has 0 radical (unpaired) electrons. The molecule has 5 nitrogen and oxygen atoms in total. The van der Waals surface area contributed by atoms with E-state index in [-0.39, 0.29) is 6.10 Å². The van der Waals surface area contributed by atoms with Gasteiger partial charge in [0.15, 0.2) is 11.5 Å². The van der Waals surface area contributed by atoms with Gasteiger partial charge in [0, 0.05) is 10.4 Å². The van der Waals surface area contributed by atoms with Gasteiger partial charge in [0.1, 0.15) is 0 Å². The van der Waals surface area contributed by atoms with Gasteiger partial charge in [-0.3, -0.25) is 5.43 Å². The number of hydrogen-bond acceptors (Lipinski definition) is 6. The number of hydrazone groups is 1. The Labute approximate surface area is 163 Å². The summed E-state index contributed by atoms with van der Waals surface area (Å²) in [5, 5.41) is 5.06. The molecular formula is C21H23N3O2S. The maximum Gasteiger partial charge on any atom is 0.204 e. The minimum atomic E-state index is 0.0898. The molecule has 1 aromatic heterocycles. The first kappa shape index (κ1) is 18.9. The van der Waals surface area contributed by atoms with Gasteiger partial charge in [0.25, 0.3) is 0 Å². The van der Waals surface area contributed by atoms with E-state index in [4.69, 9.17) is 9.47 Å². The van der Waals surface area contributed by atoms with Crippen LogP contribution in [0.5, 0.6) is 11.5 Å². The monoisotopic (exact) mass is 381 g/mol. The molecule has 140 valence electrons. The maximum atomic E-state index is 5.73. The zero-order valence-corrected chi connectivity index (χ0v) is 16.7. The third-order valence-corrected chi connectivity index (χ3v) is 4.64. The molecule has 1 N–H and O–H groups in total. The SMILES string of the molecule is COc1cc(/C=N/Nc2nc(-c3ccccc3)c(C)s2)ccc1OC(C)C. The summed E-state index contributed by atoms with van der Waals surface area (Å²) in [5.74, 6) is 1.41. The number of hydrogen-bond donors (Lipinski definition) is 1. The van der Waals surface area contributed by atoms with Crippen LogP contribution in [0.15, 0.2) is 53.6 Å². The highest BCUT2D eigenvalue weighted by Gasteiger charge is 2.09. The third-order valence-electron chi connectivity index (χ3n) is 3.77. The Morgan fingerprint density at radius 1 is 1.11 bits per heavy atom. The summed E-state index contributed by atoms with van der Waals surface area (Å²) in [6, 6.07) is 15.9. The minimum absolute atomic E-state index is 0.0898. The van der Waals surface area contributed by atoms with Crippen LogP contribution in [-0.2, 0) is 0 Å². The minimum Gasteiger partial charge on any atom is -0.493 e. The van der Waals surface area contributed by atoms with Gasteiger partial charge in [-0.1, -0.05) is 30.3 Å². The fourth-order valence-corrected chi connectivity index (χ4v) is 3.37. The molecule has 2 aromatic carbocycles. The molecule has 0 fully saturated rings. The van der Waals surface area contributed by atoms with Crippen LogP contribution < -0.4 is 14.9 Å². The van der Waals surface area contributed by atoms with Crippen molar-refractivity contribution in [2.45, 2.75) is 26.9 Å². The summed E-state index contributed by atoms with van der Waals surface area (Å²) in [4.78, 5) is 5.79. The Morgan fingerprint density at radius 2 is 1.89 bits per heavy atom. The van der Waals surface area contributed by atoms with Crippen molar-refractivity contribution in [3.63, 3.8) is 0 Å². The largest absolute Gasteiger partial charge is 0.493 e. The van der Waals surface area contributed by atoms with Gasteiger partial charge in [-0.15, -0.1) is 11.3 Å². The molecule has 0 bridgehead atoms. The number of ether oxygens (including phenoxy) is 2. The quantitative estimate of drug-likeness (QED) is 0.442. The topological polar surface area (TPSA) is 55.7 Å². The van der Waals surface area contributed by atoms with Gasteiger partial charge < -0.3 is 9.47 Å². The number of aromatic nitrogens is 1. The van der Waals surface area contributed by atoms with E-state index in [0.29, 0.717) is 5.75 Å². The molecule has 3 rings (SSSR count). The van der Waals surface area contributed by atoms with E-state index in [9.17, 15) is 0 Å². The number of benzene rings is 2. The molecule has 0 aliphatic carbocycles. The first-order chi connectivity index (χ1) is 13.1. The predicted molar refractivity (Wildman–Crippen MR) is 112 cm³/mol. The number of thiazole rings is 1. The summed E-state index contributed by atoms with van der Waals surface area (Å²) >= 11 is 1.58. The fraction of sp³-hybridized carbons (Fsp3) is 0.238. The van der Waals surface area contributed by atoms with Gasteiger partial charge in [-0.05, 0) is 44.5 Å². The van der Waals surface area contributed by atoms with E-state index in [2.05, 4.69) is 34.6 Å². The second kappa shape index (κ2) is 8.68. The Hall–Kier alpha value is -2.86. The molecule has 0 atom stereocenters. The molecule has 0 saturated heterocycles. The van der Waals surface area contributed by atoms with E-state index < -0.39 is 0 Å². The summed E-state index contributed by atoms with van der Waals surface area (Å²) < 4.78 is 11.1. The number of rotatable bonds is 7. The summed E-state index contributed by atoms with van der Waals surface area (Å²) in [6.07, 6.45) is 1.83. The molecule has 6 heteroatoms. The lowest BCUT2D eigenvalue weighted by Crippen LogP contribution is -2.06. The molecule has 1 heterocycles. The zero-order chi connectivity index (χ0) is 19.2. The van der Waals surface area contributed by atoms with Gasteiger partial charge in [-0.2, -0.15) is 5.10 Å². The smallest absolute Gasteiger partial charge is 0.204 e.